The van der Waals surface area contributed by atoms with Gasteiger partial charge in [0.15, 0.2) is 9.84 Å². The predicted octanol–water partition coefficient (Wildman–Crippen LogP) is 0.771. The van der Waals surface area contributed by atoms with E-state index in [-0.39, 0.29) is 11.9 Å². The highest BCUT2D eigenvalue weighted by Crippen LogP contribution is 2.10. The minimum atomic E-state index is -3.15. The van der Waals surface area contributed by atoms with Gasteiger partial charge in [0.25, 0.3) is 0 Å². The average molecular weight is 312 g/mol. The number of morpholine rings is 1. The zero-order chi connectivity index (χ0) is 15.1. The molecule has 6 heteroatoms. The summed E-state index contributed by atoms with van der Waals surface area (Å²) in [6.07, 6.45) is 0.814. The predicted molar refractivity (Wildman–Crippen MR) is 83.2 cm³/mol. The van der Waals surface area contributed by atoms with Crippen LogP contribution in [0.25, 0.3) is 0 Å². The first kappa shape index (κ1) is 16.4. The van der Waals surface area contributed by atoms with Crippen molar-refractivity contribution in [2.24, 2.45) is 0 Å². The molecular weight excluding hydrogens is 288 g/mol. The van der Waals surface area contributed by atoms with Crippen molar-refractivity contribution in [1.29, 1.82) is 0 Å². The quantitative estimate of drug-likeness (QED) is 0.754. The Bertz CT molecular complexity index is 519. The molecule has 0 radical (unpaired) electrons. The van der Waals surface area contributed by atoms with Crippen molar-refractivity contribution in [2.45, 2.75) is 17.4 Å². The summed E-state index contributed by atoms with van der Waals surface area (Å²) in [7, 11) is -1.07. The second kappa shape index (κ2) is 7.89. The fourth-order valence-corrected chi connectivity index (χ4v) is 3.72. The van der Waals surface area contributed by atoms with Crippen LogP contribution in [0.15, 0.2) is 35.2 Å². The third kappa shape index (κ3) is 5.39. The lowest BCUT2D eigenvalue weighted by Gasteiger charge is -2.30. The van der Waals surface area contributed by atoms with Gasteiger partial charge >= 0.3 is 0 Å². The molecule has 118 valence electrons. The van der Waals surface area contributed by atoms with Gasteiger partial charge in [0.2, 0.25) is 0 Å². The van der Waals surface area contributed by atoms with Gasteiger partial charge in [-0.1, -0.05) is 18.2 Å². The first-order valence-corrected chi connectivity index (χ1v) is 9.02. The lowest BCUT2D eigenvalue weighted by Crippen LogP contribution is -2.45. The van der Waals surface area contributed by atoms with Crippen LogP contribution in [0.3, 0.4) is 0 Å². The van der Waals surface area contributed by atoms with E-state index in [2.05, 4.69) is 17.3 Å². The van der Waals surface area contributed by atoms with Crippen molar-refractivity contribution >= 4 is 9.84 Å². The Labute approximate surface area is 127 Å². The minimum Gasteiger partial charge on any atom is -0.374 e. The van der Waals surface area contributed by atoms with Crippen LogP contribution in [0.2, 0.25) is 0 Å². The lowest BCUT2D eigenvalue weighted by molar-refractivity contribution is -0.0179. The Morgan fingerprint density at radius 3 is 2.81 bits per heavy atom. The number of hydrogen-bond acceptors (Lipinski definition) is 5. The summed E-state index contributed by atoms with van der Waals surface area (Å²) in [4.78, 5) is 2.65. The Morgan fingerprint density at radius 1 is 1.33 bits per heavy atom. The summed E-state index contributed by atoms with van der Waals surface area (Å²) < 4.78 is 29.8. The molecule has 1 aliphatic heterocycles. The highest BCUT2D eigenvalue weighted by atomic mass is 32.2. The van der Waals surface area contributed by atoms with Crippen LogP contribution in [-0.4, -0.2) is 65.0 Å². The van der Waals surface area contributed by atoms with Gasteiger partial charge in [-0.25, -0.2) is 8.42 Å². The molecule has 0 aliphatic carbocycles. The van der Waals surface area contributed by atoms with E-state index in [0.29, 0.717) is 17.9 Å². The van der Waals surface area contributed by atoms with Crippen LogP contribution in [0.4, 0.5) is 0 Å². The van der Waals surface area contributed by atoms with Crippen molar-refractivity contribution < 1.29 is 13.2 Å². The van der Waals surface area contributed by atoms with Crippen LogP contribution >= 0.6 is 0 Å². The van der Waals surface area contributed by atoms with Crippen LogP contribution in [0.5, 0.6) is 0 Å². The topological polar surface area (TPSA) is 58.6 Å². The van der Waals surface area contributed by atoms with E-state index in [0.717, 1.165) is 26.2 Å². The molecule has 1 heterocycles. The van der Waals surface area contributed by atoms with Gasteiger partial charge in [-0.3, -0.25) is 0 Å². The van der Waals surface area contributed by atoms with Crippen LogP contribution in [0.1, 0.15) is 6.42 Å². The zero-order valence-electron chi connectivity index (χ0n) is 12.5. The lowest BCUT2D eigenvalue weighted by atomic mass is 10.3. The molecule has 21 heavy (non-hydrogen) atoms. The first-order chi connectivity index (χ1) is 10.1. The van der Waals surface area contributed by atoms with Crippen molar-refractivity contribution in [3.8, 4) is 0 Å². The van der Waals surface area contributed by atoms with E-state index in [1.54, 1.807) is 24.3 Å². The molecular formula is C15H24N2O3S. The van der Waals surface area contributed by atoms with Gasteiger partial charge in [-0.05, 0) is 32.1 Å². The SMILES string of the molecule is CN1CCO[C@H](CNCCCS(=O)(=O)c2ccccc2)C1. The summed E-state index contributed by atoms with van der Waals surface area (Å²) in [5.41, 5.74) is 0. The third-order valence-electron chi connectivity index (χ3n) is 3.58. The molecule has 5 nitrogen and oxygen atoms in total. The molecule has 1 aliphatic rings. The van der Waals surface area contributed by atoms with Gasteiger partial charge in [0.05, 0.1) is 23.4 Å². The van der Waals surface area contributed by atoms with E-state index >= 15 is 0 Å². The number of sulfone groups is 1. The molecule has 1 atom stereocenters. The van der Waals surface area contributed by atoms with Gasteiger partial charge in [0.1, 0.15) is 0 Å². The van der Waals surface area contributed by atoms with Gasteiger partial charge in [0, 0.05) is 19.6 Å². The number of rotatable bonds is 7. The molecule has 0 saturated carbocycles. The summed E-state index contributed by atoms with van der Waals surface area (Å²) in [5.74, 6) is 0.176. The monoisotopic (exact) mass is 312 g/mol. The number of ether oxygens (including phenoxy) is 1. The maximum atomic E-state index is 12.1. The fraction of sp³-hybridized carbons (Fsp3) is 0.600. The first-order valence-electron chi connectivity index (χ1n) is 7.36. The fourth-order valence-electron chi connectivity index (χ4n) is 2.39. The summed E-state index contributed by atoms with van der Waals surface area (Å²) >= 11 is 0. The molecule has 0 aromatic heterocycles. The normalized spacial score (nSPS) is 20.5. The molecule has 1 fully saturated rings. The van der Waals surface area contributed by atoms with Gasteiger partial charge < -0.3 is 15.0 Å². The molecule has 0 bridgehead atoms. The minimum absolute atomic E-state index is 0.176. The maximum Gasteiger partial charge on any atom is 0.178 e. The number of hydrogen-bond donors (Lipinski definition) is 1. The highest BCUT2D eigenvalue weighted by Gasteiger charge is 2.17. The molecule has 0 amide bonds. The maximum absolute atomic E-state index is 12.1. The summed E-state index contributed by atoms with van der Waals surface area (Å²) in [6, 6.07) is 8.62. The van der Waals surface area contributed by atoms with Crippen molar-refractivity contribution in [2.75, 3.05) is 45.6 Å². The van der Waals surface area contributed by atoms with Crippen LogP contribution in [0, 0.1) is 0 Å². The van der Waals surface area contributed by atoms with E-state index in [9.17, 15) is 8.42 Å². The van der Waals surface area contributed by atoms with E-state index in [1.165, 1.54) is 0 Å². The van der Waals surface area contributed by atoms with Crippen molar-refractivity contribution in [3.63, 3.8) is 0 Å². The number of nitrogens with zero attached hydrogens (tertiary/aromatic N) is 1. The highest BCUT2D eigenvalue weighted by molar-refractivity contribution is 7.91. The number of nitrogens with one attached hydrogen (secondary N) is 1. The van der Waals surface area contributed by atoms with Crippen LogP contribution < -0.4 is 5.32 Å². The smallest absolute Gasteiger partial charge is 0.178 e. The summed E-state index contributed by atoms with van der Waals surface area (Å²) in [6.45, 7) is 4.14. The Balaban J connectivity index is 1.65. The molecule has 0 spiro atoms. The van der Waals surface area contributed by atoms with Gasteiger partial charge in [-0.15, -0.1) is 0 Å². The molecule has 1 N–H and O–H groups in total. The van der Waals surface area contributed by atoms with E-state index in [4.69, 9.17) is 4.74 Å². The standard InChI is InChI=1S/C15H24N2O3S/c1-17-9-10-20-14(13-17)12-16-8-5-11-21(18,19)15-6-3-2-4-7-15/h2-4,6-7,14,16H,5,8-13H2,1H3/t14-/m1/s1. The molecule has 2 rings (SSSR count). The summed E-state index contributed by atoms with van der Waals surface area (Å²) in [5, 5.41) is 3.28. The Hall–Kier alpha value is -0.950. The molecule has 0 unspecified atom stereocenters. The Morgan fingerprint density at radius 2 is 2.10 bits per heavy atom. The Kier molecular flexibility index (Phi) is 6.17. The zero-order valence-corrected chi connectivity index (χ0v) is 13.3. The third-order valence-corrected chi connectivity index (χ3v) is 5.40. The second-order valence-electron chi connectivity index (χ2n) is 5.44. The van der Waals surface area contributed by atoms with E-state index < -0.39 is 9.84 Å². The second-order valence-corrected chi connectivity index (χ2v) is 7.55. The molecule has 1 aromatic carbocycles. The van der Waals surface area contributed by atoms with Crippen molar-refractivity contribution in [3.05, 3.63) is 30.3 Å². The molecule has 1 saturated heterocycles. The van der Waals surface area contributed by atoms with Crippen LogP contribution in [-0.2, 0) is 14.6 Å². The number of benzene rings is 1. The van der Waals surface area contributed by atoms with Crippen molar-refractivity contribution in [1.82, 2.24) is 10.2 Å². The largest absolute Gasteiger partial charge is 0.374 e. The average Bonchev–Trinajstić information content (AvgIpc) is 2.48. The van der Waals surface area contributed by atoms with E-state index in [1.807, 2.05) is 6.07 Å². The molecule has 1 aromatic rings. The number of likely N-dealkylation sites (N-methyl/N-ethyl adjacent to an activating group) is 1. The van der Waals surface area contributed by atoms with Gasteiger partial charge in [-0.2, -0.15) is 0 Å².